The molecule has 1 saturated heterocycles. The van der Waals surface area contributed by atoms with Gasteiger partial charge in [-0.05, 0) is 25.9 Å². The van der Waals surface area contributed by atoms with Crippen molar-refractivity contribution in [3.05, 3.63) is 0 Å². The highest BCUT2D eigenvalue weighted by Gasteiger charge is 2.23. The van der Waals surface area contributed by atoms with Gasteiger partial charge in [-0.2, -0.15) is 0 Å². The third-order valence-corrected chi connectivity index (χ3v) is 2.40. The lowest BCUT2D eigenvalue weighted by molar-refractivity contribution is 0.00324. The topological polar surface area (TPSA) is 12.5 Å². The minimum atomic E-state index is 0.457. The van der Waals surface area contributed by atoms with Gasteiger partial charge in [0.25, 0.3) is 0 Å². The van der Waals surface area contributed by atoms with E-state index in [0.29, 0.717) is 6.10 Å². The summed E-state index contributed by atoms with van der Waals surface area (Å²) in [6, 6.07) is 0. The van der Waals surface area contributed by atoms with Crippen molar-refractivity contribution in [1.82, 2.24) is 4.90 Å². The molecule has 1 fully saturated rings. The van der Waals surface area contributed by atoms with Gasteiger partial charge in [0, 0.05) is 13.7 Å². The first-order chi connectivity index (χ1) is 4.74. The predicted molar refractivity (Wildman–Crippen MR) is 42.1 cm³/mol. The van der Waals surface area contributed by atoms with Gasteiger partial charge in [0.2, 0.25) is 0 Å². The minimum absolute atomic E-state index is 0.457. The fourth-order valence-corrected chi connectivity index (χ4v) is 1.50. The van der Waals surface area contributed by atoms with Gasteiger partial charge < -0.3 is 9.64 Å². The Morgan fingerprint density at radius 1 is 1.50 bits per heavy atom. The van der Waals surface area contributed by atoms with Crippen molar-refractivity contribution in [2.45, 2.75) is 19.4 Å². The molecule has 60 valence electrons. The van der Waals surface area contributed by atoms with Gasteiger partial charge in [-0.1, -0.05) is 6.92 Å². The molecule has 0 unspecified atom stereocenters. The van der Waals surface area contributed by atoms with E-state index in [-0.39, 0.29) is 0 Å². The van der Waals surface area contributed by atoms with Gasteiger partial charge >= 0.3 is 0 Å². The highest BCUT2D eigenvalue weighted by Crippen LogP contribution is 2.17. The van der Waals surface area contributed by atoms with E-state index >= 15 is 0 Å². The fraction of sp³-hybridized carbons (Fsp3) is 1.00. The Bertz CT molecular complexity index is 105. The zero-order valence-electron chi connectivity index (χ0n) is 7.13. The monoisotopic (exact) mass is 143 g/mol. The maximum absolute atomic E-state index is 5.33. The van der Waals surface area contributed by atoms with Crippen molar-refractivity contribution in [2.75, 3.05) is 27.2 Å². The molecule has 0 radical (unpaired) electrons. The lowest BCUT2D eigenvalue weighted by Crippen LogP contribution is -2.41. The third kappa shape index (κ3) is 1.70. The fourth-order valence-electron chi connectivity index (χ4n) is 1.50. The second-order valence-electron chi connectivity index (χ2n) is 3.30. The normalized spacial score (nSPS) is 36.3. The van der Waals surface area contributed by atoms with Crippen LogP contribution >= 0.6 is 0 Å². The molecule has 2 atom stereocenters. The highest BCUT2D eigenvalue weighted by molar-refractivity contribution is 4.76. The summed E-state index contributed by atoms with van der Waals surface area (Å²) in [4.78, 5) is 2.33. The van der Waals surface area contributed by atoms with Crippen LogP contribution in [0.4, 0.5) is 0 Å². The van der Waals surface area contributed by atoms with Crippen LogP contribution in [-0.2, 0) is 4.74 Å². The first kappa shape index (κ1) is 8.02. The molecule has 0 bridgehead atoms. The van der Waals surface area contributed by atoms with Gasteiger partial charge in [0.15, 0.2) is 0 Å². The average Bonchev–Trinajstić information content (AvgIpc) is 1.94. The van der Waals surface area contributed by atoms with Crippen LogP contribution in [-0.4, -0.2) is 38.3 Å². The van der Waals surface area contributed by atoms with Crippen molar-refractivity contribution < 1.29 is 4.74 Å². The Hall–Kier alpha value is -0.0800. The molecule has 1 aliphatic heterocycles. The first-order valence-electron chi connectivity index (χ1n) is 3.95. The molecule has 0 aromatic carbocycles. The first-order valence-corrected chi connectivity index (χ1v) is 3.95. The summed E-state index contributed by atoms with van der Waals surface area (Å²) in [5, 5.41) is 0. The summed E-state index contributed by atoms with van der Waals surface area (Å²) < 4.78 is 5.33. The number of likely N-dealkylation sites (N-methyl/N-ethyl adjacent to an activating group) is 1. The van der Waals surface area contributed by atoms with Crippen LogP contribution in [0.3, 0.4) is 0 Å². The maximum Gasteiger partial charge on any atom is 0.0724 e. The van der Waals surface area contributed by atoms with E-state index in [4.69, 9.17) is 4.74 Å². The number of methoxy groups -OCH3 is 1. The second-order valence-corrected chi connectivity index (χ2v) is 3.30. The average molecular weight is 143 g/mol. The Labute approximate surface area is 63.2 Å². The number of likely N-dealkylation sites (tertiary alicyclic amines) is 1. The van der Waals surface area contributed by atoms with Gasteiger partial charge in [0.1, 0.15) is 0 Å². The van der Waals surface area contributed by atoms with Crippen molar-refractivity contribution in [3.8, 4) is 0 Å². The van der Waals surface area contributed by atoms with E-state index in [2.05, 4.69) is 18.9 Å². The lowest BCUT2D eigenvalue weighted by atomic mass is 9.96. The minimum Gasteiger partial charge on any atom is -0.380 e. The number of hydrogen-bond acceptors (Lipinski definition) is 2. The molecular weight excluding hydrogens is 126 g/mol. The van der Waals surface area contributed by atoms with E-state index in [0.717, 1.165) is 12.5 Å². The van der Waals surface area contributed by atoms with Crippen molar-refractivity contribution in [3.63, 3.8) is 0 Å². The molecule has 0 amide bonds. The summed E-state index contributed by atoms with van der Waals surface area (Å²) in [7, 11) is 3.96. The smallest absolute Gasteiger partial charge is 0.0724 e. The zero-order chi connectivity index (χ0) is 7.56. The van der Waals surface area contributed by atoms with Crippen LogP contribution in [0.25, 0.3) is 0 Å². The lowest BCUT2D eigenvalue weighted by Gasteiger charge is -2.33. The van der Waals surface area contributed by atoms with Crippen molar-refractivity contribution in [2.24, 2.45) is 5.92 Å². The summed E-state index contributed by atoms with van der Waals surface area (Å²) in [6.07, 6.45) is 1.73. The standard InChI is InChI=1S/C8H17NO/c1-7-4-5-9(2)6-8(7)10-3/h7-8H,4-6H2,1-3H3/t7-,8+/m0/s1. The molecular formula is C8H17NO. The van der Waals surface area contributed by atoms with Crippen LogP contribution in [0.1, 0.15) is 13.3 Å². The molecule has 1 heterocycles. The summed E-state index contributed by atoms with van der Waals surface area (Å²) in [5.74, 6) is 0.737. The molecule has 0 aliphatic carbocycles. The highest BCUT2D eigenvalue weighted by atomic mass is 16.5. The van der Waals surface area contributed by atoms with E-state index < -0.39 is 0 Å². The van der Waals surface area contributed by atoms with Crippen LogP contribution in [0.2, 0.25) is 0 Å². The zero-order valence-corrected chi connectivity index (χ0v) is 7.13. The van der Waals surface area contributed by atoms with E-state index in [1.807, 2.05) is 0 Å². The maximum atomic E-state index is 5.33. The number of piperidine rings is 1. The quantitative estimate of drug-likeness (QED) is 0.542. The van der Waals surface area contributed by atoms with Crippen LogP contribution in [0.5, 0.6) is 0 Å². The SMILES string of the molecule is CO[C@@H]1CN(C)CC[C@@H]1C. The Balaban J connectivity index is 2.38. The van der Waals surface area contributed by atoms with Gasteiger partial charge in [0.05, 0.1) is 6.10 Å². The summed E-state index contributed by atoms with van der Waals surface area (Å²) in [5.41, 5.74) is 0. The van der Waals surface area contributed by atoms with Crippen molar-refractivity contribution in [1.29, 1.82) is 0 Å². The predicted octanol–water partition coefficient (Wildman–Crippen LogP) is 0.973. The molecule has 0 N–H and O–H groups in total. The Morgan fingerprint density at radius 2 is 2.20 bits per heavy atom. The summed E-state index contributed by atoms with van der Waals surface area (Å²) in [6.45, 7) is 4.58. The molecule has 1 aliphatic rings. The number of rotatable bonds is 1. The van der Waals surface area contributed by atoms with Crippen LogP contribution < -0.4 is 0 Å². The van der Waals surface area contributed by atoms with Crippen LogP contribution in [0, 0.1) is 5.92 Å². The third-order valence-electron chi connectivity index (χ3n) is 2.40. The largest absolute Gasteiger partial charge is 0.380 e. The number of nitrogens with zero attached hydrogens (tertiary/aromatic N) is 1. The van der Waals surface area contributed by atoms with Crippen LogP contribution in [0.15, 0.2) is 0 Å². The Kier molecular flexibility index (Phi) is 2.69. The van der Waals surface area contributed by atoms with Crippen molar-refractivity contribution >= 4 is 0 Å². The number of hydrogen-bond donors (Lipinski definition) is 0. The molecule has 2 nitrogen and oxygen atoms in total. The molecule has 0 spiro atoms. The molecule has 0 aromatic rings. The van der Waals surface area contributed by atoms with Gasteiger partial charge in [-0.15, -0.1) is 0 Å². The van der Waals surface area contributed by atoms with E-state index in [9.17, 15) is 0 Å². The molecule has 10 heavy (non-hydrogen) atoms. The molecule has 0 aromatic heterocycles. The Morgan fingerprint density at radius 3 is 2.70 bits per heavy atom. The molecule has 0 saturated carbocycles. The van der Waals surface area contributed by atoms with Gasteiger partial charge in [-0.3, -0.25) is 0 Å². The van der Waals surface area contributed by atoms with E-state index in [1.165, 1.54) is 13.0 Å². The van der Waals surface area contributed by atoms with E-state index in [1.54, 1.807) is 7.11 Å². The summed E-state index contributed by atoms with van der Waals surface area (Å²) >= 11 is 0. The number of ether oxygens (including phenoxy) is 1. The molecule has 2 heteroatoms. The van der Waals surface area contributed by atoms with Gasteiger partial charge in [-0.25, -0.2) is 0 Å². The second kappa shape index (κ2) is 3.35. The molecule has 1 rings (SSSR count).